The topological polar surface area (TPSA) is 86.7 Å². The van der Waals surface area contributed by atoms with Crippen LogP contribution in [0.5, 0.6) is 0 Å². The van der Waals surface area contributed by atoms with Gasteiger partial charge in [0.1, 0.15) is 5.82 Å². The number of ether oxygens (including phenoxy) is 1. The molecular formula is C18H20N4O3S. The standard InChI is InChI=1S/C18H20N4O3S/c1-2-17-20-16(12-26-17)21-18(24)19-14(11-23)13-5-3-4-6-15(13)22-7-9-25-10-8-22/h1,3-6,12,14,23H,7-11H2,(H2,19,21,24). The molecule has 0 bridgehead atoms. The number of terminal acetylenes is 1. The molecule has 1 saturated heterocycles. The number of nitrogens with one attached hydrogen (secondary N) is 2. The van der Waals surface area contributed by atoms with Crippen LogP contribution in [0.25, 0.3) is 0 Å². The number of anilines is 2. The molecule has 0 radical (unpaired) electrons. The van der Waals surface area contributed by atoms with E-state index in [0.29, 0.717) is 24.0 Å². The van der Waals surface area contributed by atoms with Gasteiger partial charge in [-0.15, -0.1) is 17.8 Å². The molecule has 8 heteroatoms. The van der Waals surface area contributed by atoms with Gasteiger partial charge in [0.05, 0.1) is 25.9 Å². The third-order valence-corrected chi connectivity index (χ3v) is 4.79. The van der Waals surface area contributed by atoms with Gasteiger partial charge < -0.3 is 20.1 Å². The van der Waals surface area contributed by atoms with Gasteiger partial charge in [-0.25, -0.2) is 9.78 Å². The van der Waals surface area contributed by atoms with Crippen molar-refractivity contribution in [2.45, 2.75) is 6.04 Å². The zero-order valence-electron chi connectivity index (χ0n) is 14.1. The van der Waals surface area contributed by atoms with Gasteiger partial charge in [0.15, 0.2) is 5.01 Å². The molecule has 136 valence electrons. The van der Waals surface area contributed by atoms with Gasteiger partial charge in [-0.05, 0) is 12.0 Å². The Morgan fingerprint density at radius 1 is 1.42 bits per heavy atom. The molecule has 7 nitrogen and oxygen atoms in total. The third-order valence-electron chi connectivity index (χ3n) is 4.02. The van der Waals surface area contributed by atoms with Crippen LogP contribution in [0.1, 0.15) is 16.6 Å². The molecule has 0 aliphatic carbocycles. The predicted octanol–water partition coefficient (Wildman–Crippen LogP) is 1.82. The fourth-order valence-electron chi connectivity index (χ4n) is 2.80. The second-order valence-electron chi connectivity index (χ2n) is 5.67. The van der Waals surface area contributed by atoms with Gasteiger partial charge in [0.2, 0.25) is 0 Å². The van der Waals surface area contributed by atoms with Crippen molar-refractivity contribution in [3.05, 3.63) is 40.2 Å². The van der Waals surface area contributed by atoms with E-state index in [-0.39, 0.29) is 6.61 Å². The quantitative estimate of drug-likeness (QED) is 0.697. The van der Waals surface area contributed by atoms with Crippen molar-refractivity contribution in [3.63, 3.8) is 0 Å². The van der Waals surface area contributed by atoms with Crippen LogP contribution in [-0.2, 0) is 4.74 Å². The lowest BCUT2D eigenvalue weighted by Crippen LogP contribution is -2.39. The monoisotopic (exact) mass is 372 g/mol. The maximum atomic E-state index is 12.3. The molecule has 0 saturated carbocycles. The van der Waals surface area contributed by atoms with E-state index in [0.717, 1.165) is 24.3 Å². The molecule has 0 spiro atoms. The summed E-state index contributed by atoms with van der Waals surface area (Å²) in [6.45, 7) is 2.65. The average molecular weight is 372 g/mol. The van der Waals surface area contributed by atoms with E-state index < -0.39 is 12.1 Å². The van der Waals surface area contributed by atoms with Gasteiger partial charge in [-0.2, -0.15) is 0 Å². The van der Waals surface area contributed by atoms with E-state index in [9.17, 15) is 9.90 Å². The number of carbonyl (C=O) groups excluding carboxylic acids is 1. The first-order valence-corrected chi connectivity index (χ1v) is 9.11. The van der Waals surface area contributed by atoms with Crippen LogP contribution < -0.4 is 15.5 Å². The Labute approximate surface area is 156 Å². The zero-order valence-corrected chi connectivity index (χ0v) is 15.0. The summed E-state index contributed by atoms with van der Waals surface area (Å²) in [5.41, 5.74) is 1.84. The van der Waals surface area contributed by atoms with Crippen LogP contribution in [0.15, 0.2) is 29.6 Å². The summed E-state index contributed by atoms with van der Waals surface area (Å²) in [4.78, 5) is 18.6. The SMILES string of the molecule is C#Cc1nc(NC(=O)NC(CO)c2ccccc2N2CCOCC2)cs1. The minimum Gasteiger partial charge on any atom is -0.394 e. The highest BCUT2D eigenvalue weighted by molar-refractivity contribution is 7.10. The van der Waals surface area contributed by atoms with Crippen molar-refractivity contribution in [1.29, 1.82) is 0 Å². The number of hydrogen-bond donors (Lipinski definition) is 3. The van der Waals surface area contributed by atoms with Crippen molar-refractivity contribution in [1.82, 2.24) is 10.3 Å². The summed E-state index contributed by atoms with van der Waals surface area (Å²) in [6.07, 6.45) is 5.28. The molecule has 2 aromatic rings. The number of hydrogen-bond acceptors (Lipinski definition) is 6. The number of thiazole rings is 1. The van der Waals surface area contributed by atoms with Crippen LogP contribution in [0, 0.1) is 12.3 Å². The molecule has 1 aliphatic rings. The maximum absolute atomic E-state index is 12.3. The summed E-state index contributed by atoms with van der Waals surface area (Å²) in [5.74, 6) is 2.81. The summed E-state index contributed by atoms with van der Waals surface area (Å²) in [7, 11) is 0. The van der Waals surface area contributed by atoms with Crippen molar-refractivity contribution >= 4 is 28.9 Å². The van der Waals surface area contributed by atoms with Crippen molar-refractivity contribution in [3.8, 4) is 12.3 Å². The molecule has 1 aromatic heterocycles. The van der Waals surface area contributed by atoms with Crippen LogP contribution in [-0.4, -0.2) is 49.0 Å². The van der Waals surface area contributed by atoms with Gasteiger partial charge >= 0.3 is 6.03 Å². The first kappa shape index (κ1) is 18.2. The number of carbonyl (C=O) groups is 1. The number of urea groups is 1. The molecule has 1 unspecified atom stereocenters. The fraction of sp³-hybridized carbons (Fsp3) is 0.333. The van der Waals surface area contributed by atoms with Gasteiger partial charge in [-0.1, -0.05) is 18.2 Å². The number of benzene rings is 1. The lowest BCUT2D eigenvalue weighted by molar-refractivity contribution is 0.122. The second-order valence-corrected chi connectivity index (χ2v) is 6.53. The minimum atomic E-state index is -0.542. The van der Waals surface area contributed by atoms with E-state index in [1.807, 2.05) is 24.3 Å². The number of morpholine rings is 1. The Hall–Kier alpha value is -2.60. The Morgan fingerprint density at radius 2 is 2.19 bits per heavy atom. The van der Waals surface area contributed by atoms with E-state index in [1.54, 1.807) is 5.38 Å². The Balaban J connectivity index is 1.72. The molecule has 1 aliphatic heterocycles. The molecule has 1 atom stereocenters. The fourth-order valence-corrected chi connectivity index (χ4v) is 3.36. The number of nitrogens with zero attached hydrogens (tertiary/aromatic N) is 2. The third kappa shape index (κ3) is 4.32. The van der Waals surface area contributed by atoms with E-state index in [1.165, 1.54) is 11.3 Å². The predicted molar refractivity (Wildman–Crippen MR) is 102 cm³/mol. The molecule has 26 heavy (non-hydrogen) atoms. The van der Waals surface area contributed by atoms with Crippen molar-refractivity contribution < 1.29 is 14.6 Å². The van der Waals surface area contributed by atoms with Gasteiger partial charge in [0.25, 0.3) is 0 Å². The minimum absolute atomic E-state index is 0.221. The van der Waals surface area contributed by atoms with Crippen LogP contribution >= 0.6 is 11.3 Å². The zero-order chi connectivity index (χ0) is 18.4. The summed E-state index contributed by atoms with van der Waals surface area (Å²) in [6, 6.07) is 6.74. The smallest absolute Gasteiger partial charge is 0.320 e. The Kier molecular flexibility index (Phi) is 6.07. The summed E-state index contributed by atoms with van der Waals surface area (Å²) >= 11 is 1.28. The highest BCUT2D eigenvalue weighted by Gasteiger charge is 2.21. The molecular weight excluding hydrogens is 352 g/mol. The highest BCUT2D eigenvalue weighted by Crippen LogP contribution is 2.27. The largest absolute Gasteiger partial charge is 0.394 e. The maximum Gasteiger partial charge on any atom is 0.320 e. The molecule has 3 rings (SSSR count). The Morgan fingerprint density at radius 3 is 2.88 bits per heavy atom. The van der Waals surface area contributed by atoms with Crippen molar-refractivity contribution in [2.75, 3.05) is 43.1 Å². The molecule has 1 fully saturated rings. The number of aliphatic hydroxyl groups is 1. The number of rotatable bonds is 5. The number of para-hydroxylation sites is 1. The first-order chi connectivity index (χ1) is 12.7. The Bertz CT molecular complexity index is 796. The lowest BCUT2D eigenvalue weighted by atomic mass is 10.0. The number of amides is 2. The highest BCUT2D eigenvalue weighted by atomic mass is 32.1. The number of aromatic nitrogens is 1. The van der Waals surface area contributed by atoms with Crippen molar-refractivity contribution in [2.24, 2.45) is 0 Å². The normalized spacial score (nSPS) is 15.2. The van der Waals surface area contributed by atoms with E-state index in [2.05, 4.69) is 26.4 Å². The summed E-state index contributed by atoms with van der Waals surface area (Å²) in [5, 5.41) is 17.4. The molecule has 1 aromatic carbocycles. The van der Waals surface area contributed by atoms with Gasteiger partial charge in [0, 0.05) is 29.7 Å². The van der Waals surface area contributed by atoms with E-state index in [4.69, 9.17) is 11.2 Å². The lowest BCUT2D eigenvalue weighted by Gasteiger charge is -2.32. The van der Waals surface area contributed by atoms with Crippen LogP contribution in [0.4, 0.5) is 16.3 Å². The molecule has 2 amide bonds. The van der Waals surface area contributed by atoms with Gasteiger partial charge in [-0.3, -0.25) is 5.32 Å². The average Bonchev–Trinajstić information content (AvgIpc) is 3.14. The van der Waals surface area contributed by atoms with Crippen LogP contribution in [0.2, 0.25) is 0 Å². The van der Waals surface area contributed by atoms with E-state index >= 15 is 0 Å². The summed E-state index contributed by atoms with van der Waals surface area (Å²) < 4.78 is 5.40. The molecule has 2 heterocycles. The molecule has 3 N–H and O–H groups in total. The second kappa shape index (κ2) is 8.67. The number of aliphatic hydroxyl groups excluding tert-OH is 1. The first-order valence-electron chi connectivity index (χ1n) is 8.23. The van der Waals surface area contributed by atoms with Crippen LogP contribution in [0.3, 0.4) is 0 Å².